The molecule has 0 atom stereocenters. The third-order valence-corrected chi connectivity index (χ3v) is 4.70. The molecule has 0 radical (unpaired) electrons. The van der Waals surface area contributed by atoms with E-state index in [2.05, 4.69) is 9.97 Å². The Hall–Kier alpha value is -3.19. The Morgan fingerprint density at radius 3 is 2.88 bits per heavy atom. The topological polar surface area (TPSA) is 81.3 Å². The smallest absolute Gasteiger partial charge is 0.294 e. The molecule has 7 heteroatoms. The molecule has 3 aromatic rings. The number of hydrogen-bond donors (Lipinski definition) is 1. The molecule has 0 saturated heterocycles. The highest BCUT2D eigenvalue weighted by molar-refractivity contribution is 7.13. The third kappa shape index (κ3) is 2.93. The van der Waals surface area contributed by atoms with Crippen molar-refractivity contribution in [3.8, 4) is 17.0 Å². The number of hydrogen-bond acceptors (Lipinski definition) is 6. The number of nitrogens with two attached hydrogens (primary N) is 1. The van der Waals surface area contributed by atoms with E-state index in [1.165, 1.54) is 11.3 Å². The van der Waals surface area contributed by atoms with Gasteiger partial charge in [-0.2, -0.15) is 0 Å². The SMILES string of the molecule is CCN1C(=O)/C(=C\c2ccccn2)Oc2ccc(-c3csc(N)n3)cc21. The van der Waals surface area contributed by atoms with Crippen LogP contribution < -0.4 is 15.4 Å². The second kappa shape index (κ2) is 6.61. The van der Waals surface area contributed by atoms with Crippen LogP contribution in [0, 0.1) is 0 Å². The number of carbonyl (C=O) groups excluding carboxylic acids is 1. The molecule has 2 aromatic heterocycles. The van der Waals surface area contributed by atoms with E-state index in [9.17, 15) is 4.79 Å². The molecule has 1 aromatic carbocycles. The number of carbonyl (C=O) groups is 1. The van der Waals surface area contributed by atoms with Gasteiger partial charge in [0.1, 0.15) is 0 Å². The summed E-state index contributed by atoms with van der Waals surface area (Å²) in [6.45, 7) is 2.45. The van der Waals surface area contributed by atoms with E-state index >= 15 is 0 Å². The molecule has 0 saturated carbocycles. The van der Waals surface area contributed by atoms with Crippen LogP contribution in [-0.4, -0.2) is 22.4 Å². The van der Waals surface area contributed by atoms with E-state index in [1.54, 1.807) is 17.2 Å². The average molecular weight is 364 g/mol. The van der Waals surface area contributed by atoms with E-state index in [-0.39, 0.29) is 11.7 Å². The zero-order valence-corrected chi connectivity index (χ0v) is 14.9. The second-order valence-electron chi connectivity index (χ2n) is 5.67. The highest BCUT2D eigenvalue weighted by Crippen LogP contribution is 2.39. The first-order valence-corrected chi connectivity index (χ1v) is 9.01. The van der Waals surface area contributed by atoms with Gasteiger partial charge in [0.2, 0.25) is 0 Å². The normalized spacial score (nSPS) is 15.0. The Balaban J connectivity index is 1.75. The van der Waals surface area contributed by atoms with Crippen LogP contribution in [0.15, 0.2) is 53.7 Å². The maximum Gasteiger partial charge on any atom is 0.294 e. The van der Waals surface area contributed by atoms with Crippen molar-refractivity contribution in [3.63, 3.8) is 0 Å². The summed E-state index contributed by atoms with van der Waals surface area (Å²) in [6, 6.07) is 11.2. The number of benzene rings is 1. The summed E-state index contributed by atoms with van der Waals surface area (Å²) in [5, 5.41) is 2.41. The van der Waals surface area contributed by atoms with Crippen molar-refractivity contribution in [1.82, 2.24) is 9.97 Å². The molecule has 0 fully saturated rings. The molecule has 1 aliphatic rings. The quantitative estimate of drug-likeness (QED) is 0.719. The fraction of sp³-hybridized carbons (Fsp3) is 0.105. The maximum absolute atomic E-state index is 12.8. The highest BCUT2D eigenvalue weighted by atomic mass is 32.1. The molecule has 0 bridgehead atoms. The lowest BCUT2D eigenvalue weighted by Gasteiger charge is -2.30. The third-order valence-electron chi connectivity index (χ3n) is 4.03. The van der Waals surface area contributed by atoms with Gasteiger partial charge in [-0.05, 0) is 37.3 Å². The molecule has 1 amide bonds. The highest BCUT2D eigenvalue weighted by Gasteiger charge is 2.29. The molecule has 1 aliphatic heterocycles. The number of pyridine rings is 1. The largest absolute Gasteiger partial charge is 0.449 e. The van der Waals surface area contributed by atoms with Crippen molar-refractivity contribution in [1.29, 1.82) is 0 Å². The minimum atomic E-state index is -0.194. The monoisotopic (exact) mass is 364 g/mol. The predicted octanol–water partition coefficient (Wildman–Crippen LogP) is 3.57. The molecule has 3 heterocycles. The minimum Gasteiger partial charge on any atom is -0.449 e. The van der Waals surface area contributed by atoms with Gasteiger partial charge < -0.3 is 15.4 Å². The lowest BCUT2D eigenvalue weighted by molar-refractivity contribution is -0.117. The molecule has 0 unspecified atom stereocenters. The Labute approximate surface area is 154 Å². The fourth-order valence-corrected chi connectivity index (χ4v) is 3.37. The van der Waals surface area contributed by atoms with Gasteiger partial charge in [0.05, 0.1) is 17.1 Å². The van der Waals surface area contributed by atoms with E-state index in [0.717, 1.165) is 16.9 Å². The average Bonchev–Trinajstić information content (AvgIpc) is 3.09. The first-order chi connectivity index (χ1) is 12.7. The lowest BCUT2D eigenvalue weighted by atomic mass is 10.1. The number of amides is 1. The Bertz CT molecular complexity index is 998. The maximum atomic E-state index is 12.8. The number of thiazole rings is 1. The van der Waals surface area contributed by atoms with Crippen molar-refractivity contribution in [2.24, 2.45) is 0 Å². The van der Waals surface area contributed by atoms with E-state index in [1.807, 2.05) is 48.7 Å². The molecule has 26 heavy (non-hydrogen) atoms. The standard InChI is InChI=1S/C19H16N4O2S/c1-2-23-15-9-12(14-11-26-19(20)22-14)6-7-16(15)25-17(18(23)24)10-13-5-3-4-8-21-13/h3-11H,2H2,1H3,(H2,20,22)/b17-10+. The zero-order chi connectivity index (χ0) is 18.1. The van der Waals surface area contributed by atoms with Gasteiger partial charge in [0, 0.05) is 29.8 Å². The number of nitrogen functional groups attached to an aromatic ring is 1. The lowest BCUT2D eigenvalue weighted by Crippen LogP contribution is -2.37. The van der Waals surface area contributed by atoms with Crippen LogP contribution in [0.1, 0.15) is 12.6 Å². The summed E-state index contributed by atoms with van der Waals surface area (Å²) in [7, 11) is 0. The second-order valence-corrected chi connectivity index (χ2v) is 6.56. The van der Waals surface area contributed by atoms with Crippen LogP contribution in [0.25, 0.3) is 17.3 Å². The molecule has 0 spiro atoms. The van der Waals surface area contributed by atoms with Gasteiger partial charge in [-0.3, -0.25) is 9.78 Å². The van der Waals surface area contributed by atoms with Crippen molar-refractivity contribution < 1.29 is 9.53 Å². The number of ether oxygens (including phenoxy) is 1. The predicted molar refractivity (Wildman–Crippen MR) is 103 cm³/mol. The van der Waals surface area contributed by atoms with Crippen LogP contribution in [0.4, 0.5) is 10.8 Å². The van der Waals surface area contributed by atoms with Gasteiger partial charge in [-0.15, -0.1) is 11.3 Å². The number of fused-ring (bicyclic) bond motifs is 1. The van der Waals surface area contributed by atoms with E-state index in [4.69, 9.17) is 10.5 Å². The summed E-state index contributed by atoms with van der Waals surface area (Å²) < 4.78 is 5.86. The van der Waals surface area contributed by atoms with Crippen LogP contribution >= 0.6 is 11.3 Å². The Morgan fingerprint density at radius 1 is 1.31 bits per heavy atom. The fourth-order valence-electron chi connectivity index (χ4n) is 2.80. The van der Waals surface area contributed by atoms with Crippen molar-refractivity contribution in [2.75, 3.05) is 17.2 Å². The molecular formula is C19H16N4O2S. The molecule has 130 valence electrons. The van der Waals surface area contributed by atoms with Gasteiger partial charge in [0.15, 0.2) is 16.6 Å². The van der Waals surface area contributed by atoms with Crippen LogP contribution in [0.3, 0.4) is 0 Å². The molecule has 6 nitrogen and oxygen atoms in total. The van der Waals surface area contributed by atoms with Crippen LogP contribution in [0.2, 0.25) is 0 Å². The van der Waals surface area contributed by atoms with Crippen LogP contribution in [0.5, 0.6) is 5.75 Å². The van der Waals surface area contributed by atoms with E-state index in [0.29, 0.717) is 23.1 Å². The number of likely N-dealkylation sites (N-methyl/N-ethyl adjacent to an activating group) is 1. The summed E-state index contributed by atoms with van der Waals surface area (Å²) >= 11 is 1.38. The number of nitrogens with zero attached hydrogens (tertiary/aromatic N) is 3. The number of rotatable bonds is 3. The summed E-state index contributed by atoms with van der Waals surface area (Å²) in [6.07, 6.45) is 3.33. The van der Waals surface area contributed by atoms with Crippen molar-refractivity contribution >= 4 is 34.1 Å². The number of anilines is 2. The van der Waals surface area contributed by atoms with Crippen molar-refractivity contribution in [3.05, 3.63) is 59.4 Å². The van der Waals surface area contributed by atoms with Gasteiger partial charge in [-0.1, -0.05) is 6.07 Å². The molecule has 4 rings (SSSR count). The van der Waals surface area contributed by atoms with Gasteiger partial charge in [-0.25, -0.2) is 4.98 Å². The molecular weight excluding hydrogens is 348 g/mol. The zero-order valence-electron chi connectivity index (χ0n) is 14.0. The molecule has 2 N–H and O–H groups in total. The first-order valence-electron chi connectivity index (χ1n) is 8.13. The van der Waals surface area contributed by atoms with Gasteiger partial charge >= 0.3 is 0 Å². The summed E-state index contributed by atoms with van der Waals surface area (Å²) in [5.74, 6) is 0.685. The van der Waals surface area contributed by atoms with Crippen LogP contribution in [-0.2, 0) is 4.79 Å². The molecule has 0 aliphatic carbocycles. The van der Waals surface area contributed by atoms with Crippen molar-refractivity contribution in [2.45, 2.75) is 6.92 Å². The van der Waals surface area contributed by atoms with E-state index < -0.39 is 0 Å². The minimum absolute atomic E-state index is 0.194. The first kappa shape index (κ1) is 16.3. The Kier molecular flexibility index (Phi) is 4.14. The number of aromatic nitrogens is 2. The Morgan fingerprint density at radius 2 is 2.19 bits per heavy atom. The summed E-state index contributed by atoms with van der Waals surface area (Å²) in [5.41, 5.74) is 8.80. The van der Waals surface area contributed by atoms with Gasteiger partial charge in [0.25, 0.3) is 5.91 Å². The summed E-state index contributed by atoms with van der Waals surface area (Å²) in [4.78, 5) is 23.1.